The van der Waals surface area contributed by atoms with Crippen LogP contribution in [-0.4, -0.2) is 63.3 Å². The van der Waals surface area contributed by atoms with Crippen molar-refractivity contribution in [1.29, 1.82) is 0 Å². The molecule has 1 atom stereocenters. The molecule has 5 heteroatoms. The van der Waals surface area contributed by atoms with Gasteiger partial charge in [-0.1, -0.05) is 6.42 Å². The van der Waals surface area contributed by atoms with E-state index >= 15 is 0 Å². The van der Waals surface area contributed by atoms with Gasteiger partial charge in [0.25, 0.3) is 0 Å². The van der Waals surface area contributed by atoms with Gasteiger partial charge in [-0.15, -0.1) is 0 Å². The van der Waals surface area contributed by atoms with Crippen molar-refractivity contribution in [2.45, 2.75) is 52.0 Å². The zero-order valence-corrected chi connectivity index (χ0v) is 14.2. The highest BCUT2D eigenvalue weighted by molar-refractivity contribution is 5.79. The zero-order valence-electron chi connectivity index (χ0n) is 14.2. The quantitative estimate of drug-likeness (QED) is 0.387. The predicted molar refractivity (Wildman–Crippen MR) is 90.0 cm³/mol. The molecule has 1 heterocycles. The highest BCUT2D eigenvalue weighted by atomic mass is 16.5. The summed E-state index contributed by atoms with van der Waals surface area (Å²) in [6.07, 6.45) is 6.26. The summed E-state index contributed by atoms with van der Waals surface area (Å²) in [6.45, 7) is 10.4. The van der Waals surface area contributed by atoms with Crippen LogP contribution in [0.25, 0.3) is 0 Å². The molecule has 1 aliphatic rings. The third-order valence-electron chi connectivity index (χ3n) is 3.98. The zero-order chi connectivity index (χ0) is 15.3. The Balaban J connectivity index is 2.17. The number of hydrogen-bond acceptors (Lipinski definition) is 3. The lowest BCUT2D eigenvalue weighted by Crippen LogP contribution is -2.41. The first-order valence-electron chi connectivity index (χ1n) is 8.53. The largest absolute Gasteiger partial charge is 0.385 e. The number of aliphatic imine (C=N–C) groups is 1. The number of nitrogens with one attached hydrogen (secondary N) is 2. The molecule has 0 aliphatic carbocycles. The molecule has 0 aromatic carbocycles. The maximum atomic E-state index is 5.04. The molecule has 1 rings (SSSR count). The fourth-order valence-electron chi connectivity index (χ4n) is 2.72. The van der Waals surface area contributed by atoms with E-state index in [2.05, 4.69) is 34.4 Å². The Bertz CT molecular complexity index is 283. The van der Waals surface area contributed by atoms with Crippen LogP contribution >= 0.6 is 0 Å². The molecule has 0 bridgehead atoms. The van der Waals surface area contributed by atoms with Gasteiger partial charge in [0, 0.05) is 45.9 Å². The molecule has 124 valence electrons. The molecule has 0 spiro atoms. The van der Waals surface area contributed by atoms with Crippen molar-refractivity contribution in [3.05, 3.63) is 0 Å². The van der Waals surface area contributed by atoms with Crippen molar-refractivity contribution < 1.29 is 4.74 Å². The molecule has 1 fully saturated rings. The number of rotatable bonds is 9. The first kappa shape index (κ1) is 18.2. The summed E-state index contributed by atoms with van der Waals surface area (Å²) in [7, 11) is 1.73. The summed E-state index contributed by atoms with van der Waals surface area (Å²) in [4.78, 5) is 7.17. The second kappa shape index (κ2) is 11.8. The van der Waals surface area contributed by atoms with Gasteiger partial charge in [0.2, 0.25) is 0 Å². The molecule has 1 unspecified atom stereocenters. The monoisotopic (exact) mass is 298 g/mol. The SMILES string of the molecule is CCNC(=NCCCOC)NCCCN1CCCCC1C. The first-order valence-corrected chi connectivity index (χ1v) is 8.53. The van der Waals surface area contributed by atoms with Crippen molar-refractivity contribution >= 4 is 5.96 Å². The van der Waals surface area contributed by atoms with Crippen molar-refractivity contribution in [3.63, 3.8) is 0 Å². The molecule has 1 saturated heterocycles. The minimum absolute atomic E-state index is 0.759. The van der Waals surface area contributed by atoms with Gasteiger partial charge in [-0.3, -0.25) is 4.99 Å². The van der Waals surface area contributed by atoms with Crippen LogP contribution in [0.5, 0.6) is 0 Å². The smallest absolute Gasteiger partial charge is 0.191 e. The molecule has 0 saturated carbocycles. The first-order chi connectivity index (χ1) is 10.3. The van der Waals surface area contributed by atoms with Gasteiger partial charge in [0.15, 0.2) is 5.96 Å². The topological polar surface area (TPSA) is 48.9 Å². The van der Waals surface area contributed by atoms with Crippen LogP contribution < -0.4 is 10.6 Å². The summed E-state index contributed by atoms with van der Waals surface area (Å²) < 4.78 is 5.04. The van der Waals surface area contributed by atoms with Crippen LogP contribution in [0.1, 0.15) is 46.0 Å². The van der Waals surface area contributed by atoms with Gasteiger partial charge >= 0.3 is 0 Å². The van der Waals surface area contributed by atoms with E-state index in [1.807, 2.05) is 0 Å². The highest BCUT2D eigenvalue weighted by Gasteiger charge is 2.16. The highest BCUT2D eigenvalue weighted by Crippen LogP contribution is 2.15. The molecular weight excluding hydrogens is 264 g/mol. The Morgan fingerprint density at radius 2 is 2.14 bits per heavy atom. The van der Waals surface area contributed by atoms with Crippen molar-refractivity contribution in [2.75, 3.05) is 46.4 Å². The second-order valence-corrected chi connectivity index (χ2v) is 5.77. The lowest BCUT2D eigenvalue weighted by molar-refractivity contribution is 0.159. The van der Waals surface area contributed by atoms with E-state index < -0.39 is 0 Å². The molecule has 0 aromatic rings. The molecule has 2 N–H and O–H groups in total. The molecule has 0 radical (unpaired) electrons. The minimum Gasteiger partial charge on any atom is -0.385 e. The van der Waals surface area contributed by atoms with E-state index in [1.54, 1.807) is 7.11 Å². The van der Waals surface area contributed by atoms with Crippen LogP contribution in [0, 0.1) is 0 Å². The summed E-state index contributed by atoms with van der Waals surface area (Å²) in [5.41, 5.74) is 0. The molecule has 0 aromatic heterocycles. The molecule has 1 aliphatic heterocycles. The fraction of sp³-hybridized carbons (Fsp3) is 0.938. The predicted octanol–water partition coefficient (Wildman–Crippen LogP) is 1.84. The van der Waals surface area contributed by atoms with Crippen LogP contribution in [0.2, 0.25) is 0 Å². The minimum atomic E-state index is 0.759. The van der Waals surface area contributed by atoms with Gasteiger partial charge < -0.3 is 20.3 Å². The van der Waals surface area contributed by atoms with E-state index in [9.17, 15) is 0 Å². The summed E-state index contributed by atoms with van der Waals surface area (Å²) in [6, 6.07) is 0.759. The number of guanidine groups is 1. The Hall–Kier alpha value is -0.810. The molecule has 0 amide bonds. The Morgan fingerprint density at radius 1 is 1.29 bits per heavy atom. The second-order valence-electron chi connectivity index (χ2n) is 5.77. The Kier molecular flexibility index (Phi) is 10.3. The van der Waals surface area contributed by atoms with E-state index in [0.29, 0.717) is 0 Å². The summed E-state index contributed by atoms with van der Waals surface area (Å²) in [5.74, 6) is 0.931. The van der Waals surface area contributed by atoms with Gasteiger partial charge in [0.1, 0.15) is 0 Å². The van der Waals surface area contributed by atoms with Gasteiger partial charge in [-0.05, 0) is 46.1 Å². The average Bonchev–Trinajstić information content (AvgIpc) is 2.49. The maximum absolute atomic E-state index is 5.04. The number of piperidine rings is 1. The number of methoxy groups -OCH3 is 1. The van der Waals surface area contributed by atoms with Crippen LogP contribution in [0.15, 0.2) is 4.99 Å². The van der Waals surface area contributed by atoms with Gasteiger partial charge in [-0.25, -0.2) is 0 Å². The van der Waals surface area contributed by atoms with Crippen molar-refractivity contribution in [2.24, 2.45) is 4.99 Å². The molecular formula is C16H34N4O. The summed E-state index contributed by atoms with van der Waals surface area (Å²) >= 11 is 0. The van der Waals surface area contributed by atoms with Crippen molar-refractivity contribution in [3.8, 4) is 0 Å². The lowest BCUT2D eigenvalue weighted by Gasteiger charge is -2.33. The number of ether oxygens (including phenoxy) is 1. The Labute approximate surface area is 130 Å². The third kappa shape index (κ3) is 8.27. The molecule has 5 nitrogen and oxygen atoms in total. The van der Waals surface area contributed by atoms with Crippen LogP contribution in [0.3, 0.4) is 0 Å². The van der Waals surface area contributed by atoms with E-state index in [-0.39, 0.29) is 0 Å². The van der Waals surface area contributed by atoms with Gasteiger partial charge in [-0.2, -0.15) is 0 Å². The number of hydrogen-bond donors (Lipinski definition) is 2. The van der Waals surface area contributed by atoms with E-state index in [4.69, 9.17) is 4.74 Å². The third-order valence-corrected chi connectivity index (χ3v) is 3.98. The van der Waals surface area contributed by atoms with E-state index in [0.717, 1.165) is 44.7 Å². The fourth-order valence-corrected chi connectivity index (χ4v) is 2.72. The number of nitrogens with zero attached hydrogens (tertiary/aromatic N) is 2. The maximum Gasteiger partial charge on any atom is 0.191 e. The normalized spacial score (nSPS) is 20.5. The van der Waals surface area contributed by atoms with Gasteiger partial charge in [0.05, 0.1) is 0 Å². The Morgan fingerprint density at radius 3 is 2.86 bits per heavy atom. The molecule has 21 heavy (non-hydrogen) atoms. The van der Waals surface area contributed by atoms with E-state index in [1.165, 1.54) is 38.8 Å². The van der Waals surface area contributed by atoms with Crippen LogP contribution in [-0.2, 0) is 4.74 Å². The van der Waals surface area contributed by atoms with Crippen LogP contribution in [0.4, 0.5) is 0 Å². The van der Waals surface area contributed by atoms with Crippen molar-refractivity contribution in [1.82, 2.24) is 15.5 Å². The lowest BCUT2D eigenvalue weighted by atomic mass is 10.0. The average molecular weight is 298 g/mol. The number of likely N-dealkylation sites (tertiary alicyclic amines) is 1. The summed E-state index contributed by atoms with van der Waals surface area (Å²) in [5, 5.41) is 6.71. The standard InChI is InChI=1S/C16H34N4O/c1-4-17-16(19-11-8-14-21-3)18-10-7-13-20-12-6-5-9-15(20)2/h15H,4-14H2,1-3H3,(H2,17,18,19).